The molecule has 0 radical (unpaired) electrons. The number of ketones is 2. The van der Waals surface area contributed by atoms with Crippen LogP contribution in [0.4, 0.5) is 0 Å². The Bertz CT molecular complexity index is 807. The summed E-state index contributed by atoms with van der Waals surface area (Å²) in [7, 11) is 0. The Morgan fingerprint density at radius 2 is 1.84 bits per heavy atom. The standard InChI is InChI=1S/C27H41NO3/c1-5-15-28(16-6-2)18-24(30)27(31)14-11-23-21-8-7-19-17-20(29)9-12-25(19,3)22(21)10-13-26(23,27)4/h10,17,21,23,31H,5-9,11-16,18H2,1-4H3/t21-,23+,25+,26+,27+/m1/s1. The first-order chi connectivity index (χ1) is 14.7. The number of carbonyl (C=O) groups is 2. The number of fused-ring (bicyclic) bond motifs is 5. The molecule has 5 atom stereocenters. The summed E-state index contributed by atoms with van der Waals surface area (Å²) < 4.78 is 0. The lowest BCUT2D eigenvalue weighted by Gasteiger charge is -2.54. The highest BCUT2D eigenvalue weighted by atomic mass is 16.3. The number of hydrogen-bond acceptors (Lipinski definition) is 4. The van der Waals surface area contributed by atoms with E-state index >= 15 is 0 Å². The fraction of sp³-hybridized carbons (Fsp3) is 0.778. The molecule has 0 saturated heterocycles. The molecular weight excluding hydrogens is 386 g/mol. The lowest BCUT2D eigenvalue weighted by Crippen LogP contribution is -2.57. The average Bonchev–Trinajstić information content (AvgIpc) is 3.01. The largest absolute Gasteiger partial charge is 0.381 e. The van der Waals surface area contributed by atoms with Crippen molar-refractivity contribution in [2.75, 3.05) is 19.6 Å². The smallest absolute Gasteiger partial charge is 0.178 e. The van der Waals surface area contributed by atoms with E-state index < -0.39 is 5.60 Å². The highest BCUT2D eigenvalue weighted by molar-refractivity contribution is 5.92. The van der Waals surface area contributed by atoms with Crippen LogP contribution in [-0.4, -0.2) is 46.8 Å². The molecule has 4 rings (SSSR count). The van der Waals surface area contributed by atoms with Gasteiger partial charge in [0.05, 0.1) is 6.54 Å². The van der Waals surface area contributed by atoms with Gasteiger partial charge < -0.3 is 5.11 Å². The number of carbonyl (C=O) groups excluding carboxylic acids is 2. The quantitative estimate of drug-likeness (QED) is 0.590. The molecular formula is C27H41NO3. The molecule has 0 spiro atoms. The first kappa shape index (κ1) is 22.9. The SMILES string of the molecule is CCCN(CCC)CC(=O)[C@@]1(O)CC[C@H]2[C@@H]3CCC4=CC(=O)CC[C@]4(C)C3=CC[C@@]21C. The van der Waals surface area contributed by atoms with E-state index in [-0.39, 0.29) is 22.4 Å². The summed E-state index contributed by atoms with van der Waals surface area (Å²) in [4.78, 5) is 27.8. The molecule has 4 aliphatic carbocycles. The first-order valence-electron chi connectivity index (χ1n) is 12.6. The predicted molar refractivity (Wildman–Crippen MR) is 124 cm³/mol. The Labute approximate surface area is 188 Å². The number of nitrogens with zero attached hydrogens (tertiary/aromatic N) is 1. The summed E-state index contributed by atoms with van der Waals surface area (Å²) in [5, 5.41) is 11.9. The Kier molecular flexibility index (Phi) is 6.11. The second-order valence-corrected chi connectivity index (χ2v) is 11.1. The van der Waals surface area contributed by atoms with Gasteiger partial charge in [0, 0.05) is 17.3 Å². The van der Waals surface area contributed by atoms with Crippen LogP contribution in [0.5, 0.6) is 0 Å². The molecule has 0 aromatic heterocycles. The van der Waals surface area contributed by atoms with E-state index in [0.717, 1.165) is 58.0 Å². The predicted octanol–water partition coefficient (Wildman–Crippen LogP) is 4.86. The van der Waals surface area contributed by atoms with Crippen LogP contribution in [0.2, 0.25) is 0 Å². The molecule has 0 amide bonds. The van der Waals surface area contributed by atoms with E-state index in [1.165, 1.54) is 11.1 Å². The summed E-state index contributed by atoms with van der Waals surface area (Å²) in [5.41, 5.74) is 1.20. The second kappa shape index (κ2) is 8.26. The van der Waals surface area contributed by atoms with Crippen molar-refractivity contribution in [1.82, 2.24) is 4.90 Å². The fourth-order valence-corrected chi connectivity index (χ4v) is 7.56. The summed E-state index contributed by atoms with van der Waals surface area (Å²) >= 11 is 0. The highest BCUT2D eigenvalue weighted by Crippen LogP contribution is 2.65. The molecule has 0 aromatic carbocycles. The molecule has 0 heterocycles. The third kappa shape index (κ3) is 3.49. The van der Waals surface area contributed by atoms with Gasteiger partial charge in [0.15, 0.2) is 11.6 Å². The van der Waals surface area contributed by atoms with Crippen LogP contribution in [0, 0.1) is 22.7 Å². The van der Waals surface area contributed by atoms with Crippen molar-refractivity contribution in [3.05, 3.63) is 23.3 Å². The summed E-state index contributed by atoms with van der Waals surface area (Å²) in [5.74, 6) is 1.08. The van der Waals surface area contributed by atoms with Crippen molar-refractivity contribution in [1.29, 1.82) is 0 Å². The van der Waals surface area contributed by atoms with Crippen molar-refractivity contribution < 1.29 is 14.7 Å². The lowest BCUT2D eigenvalue weighted by atomic mass is 9.50. The molecule has 0 aliphatic heterocycles. The van der Waals surface area contributed by atoms with Crippen molar-refractivity contribution >= 4 is 11.6 Å². The van der Waals surface area contributed by atoms with Gasteiger partial charge in [-0.05, 0) is 82.4 Å². The van der Waals surface area contributed by atoms with Gasteiger partial charge in [-0.1, -0.05) is 44.9 Å². The van der Waals surface area contributed by atoms with Crippen molar-refractivity contribution in [2.45, 2.75) is 91.1 Å². The molecule has 4 aliphatic rings. The molecule has 0 unspecified atom stereocenters. The Balaban J connectivity index is 1.61. The van der Waals surface area contributed by atoms with Gasteiger partial charge in [0.25, 0.3) is 0 Å². The van der Waals surface area contributed by atoms with E-state index in [0.29, 0.717) is 31.2 Å². The van der Waals surface area contributed by atoms with Crippen LogP contribution in [0.25, 0.3) is 0 Å². The minimum absolute atomic E-state index is 0.00191. The number of Topliss-reactive ketones (excluding diaryl/α,β-unsaturated/α-hetero) is 1. The monoisotopic (exact) mass is 427 g/mol. The van der Waals surface area contributed by atoms with Crippen LogP contribution >= 0.6 is 0 Å². The van der Waals surface area contributed by atoms with Gasteiger partial charge in [-0.3, -0.25) is 14.5 Å². The van der Waals surface area contributed by atoms with Gasteiger partial charge in [-0.25, -0.2) is 0 Å². The molecule has 1 N–H and O–H groups in total. The number of aliphatic hydroxyl groups is 1. The lowest BCUT2D eigenvalue weighted by molar-refractivity contribution is -0.154. The van der Waals surface area contributed by atoms with Crippen LogP contribution in [0.15, 0.2) is 23.3 Å². The second-order valence-electron chi connectivity index (χ2n) is 11.1. The topological polar surface area (TPSA) is 57.6 Å². The molecule has 0 bridgehead atoms. The maximum atomic E-state index is 13.5. The fourth-order valence-electron chi connectivity index (χ4n) is 7.56. The zero-order valence-electron chi connectivity index (χ0n) is 20.0. The summed E-state index contributed by atoms with van der Waals surface area (Å²) in [6, 6.07) is 0. The molecule has 4 nitrogen and oxygen atoms in total. The Morgan fingerprint density at radius 3 is 2.52 bits per heavy atom. The van der Waals surface area contributed by atoms with Crippen molar-refractivity contribution in [2.24, 2.45) is 22.7 Å². The van der Waals surface area contributed by atoms with Gasteiger partial charge in [0.2, 0.25) is 0 Å². The van der Waals surface area contributed by atoms with Gasteiger partial charge in [-0.15, -0.1) is 0 Å². The molecule has 172 valence electrons. The third-order valence-electron chi connectivity index (χ3n) is 9.40. The molecule has 2 saturated carbocycles. The number of rotatable bonds is 7. The first-order valence-corrected chi connectivity index (χ1v) is 12.6. The van der Waals surface area contributed by atoms with E-state index in [1.807, 2.05) is 6.08 Å². The Morgan fingerprint density at radius 1 is 1.13 bits per heavy atom. The molecule has 31 heavy (non-hydrogen) atoms. The van der Waals surface area contributed by atoms with E-state index in [1.54, 1.807) is 0 Å². The van der Waals surface area contributed by atoms with Crippen LogP contribution < -0.4 is 0 Å². The van der Waals surface area contributed by atoms with Crippen LogP contribution in [-0.2, 0) is 9.59 Å². The maximum Gasteiger partial charge on any atom is 0.178 e. The van der Waals surface area contributed by atoms with Crippen molar-refractivity contribution in [3.8, 4) is 0 Å². The summed E-state index contributed by atoms with van der Waals surface area (Å²) in [6.45, 7) is 11.0. The average molecular weight is 428 g/mol. The van der Waals surface area contributed by atoms with Gasteiger partial charge >= 0.3 is 0 Å². The zero-order chi connectivity index (χ0) is 22.4. The minimum atomic E-state index is -1.22. The number of hydrogen-bond donors (Lipinski definition) is 1. The van der Waals surface area contributed by atoms with Crippen LogP contribution in [0.3, 0.4) is 0 Å². The van der Waals surface area contributed by atoms with E-state index in [9.17, 15) is 14.7 Å². The van der Waals surface area contributed by atoms with Gasteiger partial charge in [-0.2, -0.15) is 0 Å². The van der Waals surface area contributed by atoms with E-state index in [4.69, 9.17) is 0 Å². The Hall–Kier alpha value is -1.26. The third-order valence-corrected chi connectivity index (χ3v) is 9.40. The van der Waals surface area contributed by atoms with Gasteiger partial charge in [0.1, 0.15) is 5.60 Å². The molecule has 2 fully saturated rings. The van der Waals surface area contributed by atoms with Crippen molar-refractivity contribution in [3.63, 3.8) is 0 Å². The maximum absolute atomic E-state index is 13.5. The highest BCUT2D eigenvalue weighted by Gasteiger charge is 2.64. The van der Waals surface area contributed by atoms with Crippen LogP contribution in [0.1, 0.15) is 85.5 Å². The normalized spacial score (nSPS) is 39.5. The van der Waals surface area contributed by atoms with E-state index in [2.05, 4.69) is 38.7 Å². The summed E-state index contributed by atoms with van der Waals surface area (Å²) in [6.07, 6.45) is 12.2. The molecule has 0 aromatic rings. The minimum Gasteiger partial charge on any atom is -0.381 e. The number of allylic oxidation sites excluding steroid dienone is 4. The zero-order valence-corrected chi connectivity index (χ0v) is 20.0. The molecule has 4 heteroatoms.